The van der Waals surface area contributed by atoms with Crippen LogP contribution in [0, 0.1) is 6.92 Å². The summed E-state index contributed by atoms with van der Waals surface area (Å²) in [6.45, 7) is 2.24. The van der Waals surface area contributed by atoms with Crippen molar-refractivity contribution in [2.75, 3.05) is 17.4 Å². The lowest BCUT2D eigenvalue weighted by atomic mass is 10.1. The normalized spacial score (nSPS) is 14.1. The largest absolute Gasteiger partial charge is 0.454 e. The maximum absolute atomic E-state index is 5.44. The maximum Gasteiger partial charge on any atom is 0.231 e. The van der Waals surface area contributed by atoms with Crippen LogP contribution in [0.5, 0.6) is 11.5 Å². The fraction of sp³-hybridized carbons (Fsp3) is 0.238. The van der Waals surface area contributed by atoms with E-state index in [0.29, 0.717) is 5.95 Å². The van der Waals surface area contributed by atoms with E-state index >= 15 is 0 Å². The molecule has 0 unspecified atom stereocenters. The quantitative estimate of drug-likeness (QED) is 0.714. The molecule has 0 atom stereocenters. The third-order valence-electron chi connectivity index (χ3n) is 4.96. The van der Waals surface area contributed by atoms with Gasteiger partial charge in [0.2, 0.25) is 12.7 Å². The van der Waals surface area contributed by atoms with Crippen molar-refractivity contribution in [1.29, 1.82) is 0 Å². The Morgan fingerprint density at radius 1 is 0.889 bits per heavy atom. The third kappa shape index (κ3) is 3.14. The number of nitrogens with one attached hydrogen (secondary N) is 2. The number of aryl methyl sites for hydroxylation is 3. The standard InChI is InChI=1S/C21H20N4O2/c1-13-11-22-21(24-16-6-5-14-3-2-4-15(14)9-16)25-20(13)23-17-7-8-18-19(10-17)27-12-26-18/h5-11H,2-4,12H2,1H3,(H2,22,23,24,25). The number of ether oxygens (including phenoxy) is 2. The van der Waals surface area contributed by atoms with E-state index in [9.17, 15) is 0 Å². The van der Waals surface area contributed by atoms with Crippen molar-refractivity contribution in [2.24, 2.45) is 0 Å². The number of fused-ring (bicyclic) bond motifs is 2. The summed E-state index contributed by atoms with van der Waals surface area (Å²) >= 11 is 0. The van der Waals surface area contributed by atoms with Crippen molar-refractivity contribution in [2.45, 2.75) is 26.2 Å². The molecule has 0 bridgehead atoms. The number of nitrogens with zero attached hydrogens (tertiary/aromatic N) is 2. The number of anilines is 4. The summed E-state index contributed by atoms with van der Waals surface area (Å²) in [5, 5.41) is 6.66. The van der Waals surface area contributed by atoms with Gasteiger partial charge in [0, 0.05) is 29.2 Å². The molecule has 0 spiro atoms. The zero-order valence-corrected chi connectivity index (χ0v) is 15.1. The highest BCUT2D eigenvalue weighted by atomic mass is 16.7. The second-order valence-electron chi connectivity index (χ2n) is 6.88. The second-order valence-corrected chi connectivity index (χ2v) is 6.88. The van der Waals surface area contributed by atoms with Gasteiger partial charge < -0.3 is 20.1 Å². The smallest absolute Gasteiger partial charge is 0.231 e. The molecule has 0 radical (unpaired) electrons. The summed E-state index contributed by atoms with van der Waals surface area (Å²) in [6, 6.07) is 12.3. The van der Waals surface area contributed by atoms with Gasteiger partial charge >= 0.3 is 0 Å². The molecule has 2 N–H and O–H groups in total. The van der Waals surface area contributed by atoms with Crippen LogP contribution in [0.2, 0.25) is 0 Å². The van der Waals surface area contributed by atoms with E-state index in [1.807, 2.05) is 31.3 Å². The summed E-state index contributed by atoms with van der Waals surface area (Å²) in [5.41, 5.74) is 5.76. The fourth-order valence-corrected chi connectivity index (χ4v) is 3.52. The zero-order chi connectivity index (χ0) is 18.2. The molecule has 2 heterocycles. The SMILES string of the molecule is Cc1cnc(Nc2ccc3c(c2)CCC3)nc1Nc1ccc2c(c1)OCO2. The van der Waals surface area contributed by atoms with Crippen LogP contribution in [0.4, 0.5) is 23.1 Å². The topological polar surface area (TPSA) is 68.3 Å². The van der Waals surface area contributed by atoms with Crippen LogP contribution in [0.15, 0.2) is 42.6 Å². The lowest BCUT2D eigenvalue weighted by Crippen LogP contribution is -2.03. The molecule has 27 heavy (non-hydrogen) atoms. The Kier molecular flexibility index (Phi) is 3.81. The zero-order valence-electron chi connectivity index (χ0n) is 15.1. The first-order chi connectivity index (χ1) is 13.2. The van der Waals surface area contributed by atoms with Crippen LogP contribution in [-0.2, 0) is 12.8 Å². The Labute approximate surface area is 157 Å². The van der Waals surface area contributed by atoms with Gasteiger partial charge in [-0.3, -0.25) is 0 Å². The van der Waals surface area contributed by atoms with Crippen molar-refractivity contribution < 1.29 is 9.47 Å². The molecule has 3 aromatic rings. The van der Waals surface area contributed by atoms with Crippen LogP contribution < -0.4 is 20.1 Å². The average molecular weight is 360 g/mol. The molecule has 6 heteroatoms. The van der Waals surface area contributed by atoms with E-state index in [1.165, 1.54) is 24.0 Å². The van der Waals surface area contributed by atoms with E-state index in [1.54, 1.807) is 0 Å². The van der Waals surface area contributed by atoms with Crippen LogP contribution >= 0.6 is 0 Å². The molecule has 136 valence electrons. The Morgan fingerprint density at radius 3 is 2.67 bits per heavy atom. The fourth-order valence-electron chi connectivity index (χ4n) is 3.52. The second kappa shape index (κ2) is 6.46. The molecule has 0 saturated carbocycles. The van der Waals surface area contributed by atoms with Gasteiger partial charge in [0.1, 0.15) is 5.82 Å². The molecule has 1 aliphatic heterocycles. The van der Waals surface area contributed by atoms with Gasteiger partial charge in [-0.15, -0.1) is 0 Å². The van der Waals surface area contributed by atoms with Gasteiger partial charge in [-0.2, -0.15) is 4.98 Å². The number of aromatic nitrogens is 2. The predicted molar refractivity (Wildman–Crippen MR) is 104 cm³/mol. The number of hydrogen-bond donors (Lipinski definition) is 2. The minimum atomic E-state index is 0.264. The van der Waals surface area contributed by atoms with Crippen molar-refractivity contribution in [3.63, 3.8) is 0 Å². The highest BCUT2D eigenvalue weighted by molar-refractivity contribution is 5.65. The van der Waals surface area contributed by atoms with Crippen LogP contribution in [-0.4, -0.2) is 16.8 Å². The summed E-state index contributed by atoms with van der Waals surface area (Å²) in [7, 11) is 0. The molecular formula is C21H20N4O2. The Bertz CT molecular complexity index is 1020. The maximum atomic E-state index is 5.44. The number of hydrogen-bond acceptors (Lipinski definition) is 6. The molecule has 2 aromatic carbocycles. The highest BCUT2D eigenvalue weighted by Crippen LogP contribution is 2.35. The van der Waals surface area contributed by atoms with Crippen molar-refractivity contribution >= 4 is 23.1 Å². The highest BCUT2D eigenvalue weighted by Gasteiger charge is 2.15. The molecule has 0 saturated heterocycles. The molecule has 2 aliphatic rings. The number of benzene rings is 2. The predicted octanol–water partition coefficient (Wildman–Crippen LogP) is 4.49. The molecule has 1 aliphatic carbocycles. The van der Waals surface area contributed by atoms with Gasteiger partial charge in [0.15, 0.2) is 11.5 Å². The molecule has 1 aromatic heterocycles. The molecule has 6 nitrogen and oxygen atoms in total. The summed E-state index contributed by atoms with van der Waals surface area (Å²) in [5.74, 6) is 2.83. The lowest BCUT2D eigenvalue weighted by molar-refractivity contribution is 0.174. The molecule has 0 fully saturated rings. The third-order valence-corrected chi connectivity index (χ3v) is 4.96. The first-order valence-electron chi connectivity index (χ1n) is 9.14. The van der Waals surface area contributed by atoms with E-state index in [-0.39, 0.29) is 6.79 Å². The van der Waals surface area contributed by atoms with Gasteiger partial charge in [0.05, 0.1) is 0 Å². The Hall–Kier alpha value is -3.28. The first kappa shape index (κ1) is 15.9. The van der Waals surface area contributed by atoms with Crippen LogP contribution in [0.1, 0.15) is 23.1 Å². The summed E-state index contributed by atoms with van der Waals surface area (Å²) in [6.07, 6.45) is 5.39. The Balaban J connectivity index is 1.38. The lowest BCUT2D eigenvalue weighted by Gasteiger charge is -2.12. The van der Waals surface area contributed by atoms with Crippen LogP contribution in [0.3, 0.4) is 0 Å². The van der Waals surface area contributed by atoms with Gasteiger partial charge in [-0.25, -0.2) is 4.98 Å². The molecule has 5 rings (SSSR count). The van der Waals surface area contributed by atoms with E-state index in [4.69, 9.17) is 9.47 Å². The minimum Gasteiger partial charge on any atom is -0.454 e. The minimum absolute atomic E-state index is 0.264. The first-order valence-corrected chi connectivity index (χ1v) is 9.14. The van der Waals surface area contributed by atoms with Gasteiger partial charge in [-0.1, -0.05) is 6.07 Å². The summed E-state index contributed by atoms with van der Waals surface area (Å²) < 4.78 is 10.8. The van der Waals surface area contributed by atoms with Crippen molar-refractivity contribution in [1.82, 2.24) is 9.97 Å². The Morgan fingerprint density at radius 2 is 1.70 bits per heavy atom. The van der Waals surface area contributed by atoms with Crippen molar-refractivity contribution in [3.8, 4) is 11.5 Å². The summed E-state index contributed by atoms with van der Waals surface area (Å²) in [4.78, 5) is 9.06. The van der Waals surface area contributed by atoms with Gasteiger partial charge in [0.25, 0.3) is 0 Å². The average Bonchev–Trinajstić information content (AvgIpc) is 3.32. The van der Waals surface area contributed by atoms with Crippen molar-refractivity contribution in [3.05, 3.63) is 59.3 Å². The van der Waals surface area contributed by atoms with E-state index in [0.717, 1.165) is 40.7 Å². The number of rotatable bonds is 4. The molecule has 0 amide bonds. The van der Waals surface area contributed by atoms with Crippen LogP contribution in [0.25, 0.3) is 0 Å². The van der Waals surface area contributed by atoms with E-state index < -0.39 is 0 Å². The van der Waals surface area contributed by atoms with E-state index in [2.05, 4.69) is 38.8 Å². The monoisotopic (exact) mass is 360 g/mol. The van der Waals surface area contributed by atoms with Gasteiger partial charge in [-0.05, 0) is 61.6 Å². The molecular weight excluding hydrogens is 340 g/mol.